The van der Waals surface area contributed by atoms with E-state index in [0.717, 1.165) is 19.5 Å². The lowest BCUT2D eigenvalue weighted by Crippen LogP contribution is -2.53. The van der Waals surface area contributed by atoms with Crippen LogP contribution in [-0.4, -0.2) is 41.9 Å². The van der Waals surface area contributed by atoms with Gasteiger partial charge in [0.15, 0.2) is 0 Å². The van der Waals surface area contributed by atoms with Crippen LogP contribution in [0.5, 0.6) is 0 Å². The van der Waals surface area contributed by atoms with Crippen LogP contribution in [-0.2, 0) is 4.79 Å². The lowest BCUT2D eigenvalue weighted by Gasteiger charge is -2.31. The summed E-state index contributed by atoms with van der Waals surface area (Å²) in [5.74, 6) is -0.449. The van der Waals surface area contributed by atoms with Crippen LogP contribution in [0.4, 0.5) is 5.69 Å². The van der Waals surface area contributed by atoms with E-state index in [-0.39, 0.29) is 23.2 Å². The molecule has 1 aromatic rings. The monoisotopic (exact) mass is 334 g/mol. The molecule has 2 rings (SSSR count). The van der Waals surface area contributed by atoms with Crippen molar-refractivity contribution in [3.8, 4) is 0 Å². The van der Waals surface area contributed by atoms with Gasteiger partial charge in [-0.3, -0.25) is 19.7 Å². The third-order valence-corrected chi connectivity index (χ3v) is 4.17. The van der Waals surface area contributed by atoms with Gasteiger partial charge in [-0.1, -0.05) is 13.0 Å². The quantitative estimate of drug-likeness (QED) is 0.545. The number of benzene rings is 1. The Hall–Kier alpha value is -2.48. The summed E-state index contributed by atoms with van der Waals surface area (Å²) in [4.78, 5) is 34.6. The first-order valence-corrected chi connectivity index (χ1v) is 7.95. The van der Waals surface area contributed by atoms with Gasteiger partial charge >= 0.3 is 0 Å². The zero-order valence-corrected chi connectivity index (χ0v) is 13.7. The molecule has 1 aliphatic rings. The standard InChI is InChI=1S/C16H22N4O4/c1-10-9-17-7-6-14(10)19-15(21)11(2)18-16(22)12-4-3-5-13(8-12)20(23)24/h3-5,8,10-11,14,17H,6-7,9H2,1-2H3,(H,18,22)(H,19,21). The van der Waals surface area contributed by atoms with E-state index in [1.807, 2.05) is 0 Å². The van der Waals surface area contributed by atoms with E-state index in [2.05, 4.69) is 22.9 Å². The lowest BCUT2D eigenvalue weighted by molar-refractivity contribution is -0.384. The fraction of sp³-hybridized carbons (Fsp3) is 0.500. The van der Waals surface area contributed by atoms with E-state index in [4.69, 9.17) is 0 Å². The summed E-state index contributed by atoms with van der Waals surface area (Å²) >= 11 is 0. The van der Waals surface area contributed by atoms with E-state index in [1.54, 1.807) is 6.92 Å². The molecule has 0 radical (unpaired) electrons. The van der Waals surface area contributed by atoms with Crippen LogP contribution in [0, 0.1) is 16.0 Å². The first kappa shape index (κ1) is 17.9. The molecular weight excluding hydrogens is 312 g/mol. The lowest BCUT2D eigenvalue weighted by atomic mass is 9.95. The summed E-state index contributed by atoms with van der Waals surface area (Å²) in [5, 5.41) is 19.6. The van der Waals surface area contributed by atoms with Gasteiger partial charge in [0.2, 0.25) is 5.91 Å². The molecule has 0 aromatic heterocycles. The average molecular weight is 334 g/mol. The Morgan fingerprint density at radius 2 is 2.17 bits per heavy atom. The topological polar surface area (TPSA) is 113 Å². The number of carbonyl (C=O) groups is 2. The maximum absolute atomic E-state index is 12.2. The molecule has 1 heterocycles. The number of nitrogens with zero attached hydrogens (tertiary/aromatic N) is 1. The van der Waals surface area contributed by atoms with E-state index in [0.29, 0.717) is 5.92 Å². The predicted octanol–water partition coefficient (Wildman–Crippen LogP) is 0.827. The van der Waals surface area contributed by atoms with Crippen LogP contribution < -0.4 is 16.0 Å². The number of hydrogen-bond acceptors (Lipinski definition) is 5. The molecule has 1 fully saturated rings. The van der Waals surface area contributed by atoms with E-state index in [1.165, 1.54) is 24.3 Å². The summed E-state index contributed by atoms with van der Waals surface area (Å²) in [6.07, 6.45) is 0.846. The highest BCUT2D eigenvalue weighted by atomic mass is 16.6. The molecule has 1 saturated heterocycles. The van der Waals surface area contributed by atoms with Crippen LogP contribution in [0.3, 0.4) is 0 Å². The number of non-ortho nitro benzene ring substituents is 1. The zero-order valence-electron chi connectivity index (χ0n) is 13.7. The van der Waals surface area contributed by atoms with Crippen molar-refractivity contribution in [2.75, 3.05) is 13.1 Å². The Morgan fingerprint density at radius 3 is 2.83 bits per heavy atom. The Bertz CT molecular complexity index is 634. The SMILES string of the molecule is CC(NC(=O)c1cccc([N+](=O)[O-])c1)C(=O)NC1CCNCC1C. The second-order valence-corrected chi connectivity index (χ2v) is 6.09. The number of carbonyl (C=O) groups excluding carboxylic acids is 2. The Labute approximate surface area is 140 Å². The van der Waals surface area contributed by atoms with Crippen molar-refractivity contribution in [1.82, 2.24) is 16.0 Å². The minimum absolute atomic E-state index is 0.0796. The summed E-state index contributed by atoms with van der Waals surface area (Å²) in [5.41, 5.74) is -0.0117. The van der Waals surface area contributed by atoms with Crippen LogP contribution in [0.1, 0.15) is 30.6 Å². The minimum atomic E-state index is -0.723. The fourth-order valence-electron chi connectivity index (χ4n) is 2.64. The smallest absolute Gasteiger partial charge is 0.270 e. The molecule has 1 aliphatic heterocycles. The molecule has 0 bridgehead atoms. The maximum atomic E-state index is 12.2. The second-order valence-electron chi connectivity index (χ2n) is 6.09. The third-order valence-electron chi connectivity index (χ3n) is 4.17. The summed E-state index contributed by atoms with van der Waals surface area (Å²) in [6, 6.07) is 4.77. The van der Waals surface area contributed by atoms with Gasteiger partial charge in [-0.15, -0.1) is 0 Å². The van der Waals surface area contributed by atoms with Crippen LogP contribution in [0.25, 0.3) is 0 Å². The molecule has 1 aromatic carbocycles. The van der Waals surface area contributed by atoms with Gasteiger partial charge in [0.1, 0.15) is 6.04 Å². The van der Waals surface area contributed by atoms with Gasteiger partial charge in [0.05, 0.1) is 4.92 Å². The normalized spacial score (nSPS) is 21.6. The van der Waals surface area contributed by atoms with Gasteiger partial charge in [-0.05, 0) is 38.4 Å². The van der Waals surface area contributed by atoms with Crippen molar-refractivity contribution in [3.63, 3.8) is 0 Å². The number of hydrogen-bond donors (Lipinski definition) is 3. The number of nitrogens with one attached hydrogen (secondary N) is 3. The van der Waals surface area contributed by atoms with Crippen LogP contribution in [0.2, 0.25) is 0 Å². The highest BCUT2D eigenvalue weighted by Crippen LogP contribution is 2.13. The van der Waals surface area contributed by atoms with E-state index >= 15 is 0 Å². The summed E-state index contributed by atoms with van der Waals surface area (Å²) in [6.45, 7) is 5.35. The van der Waals surface area contributed by atoms with Crippen LogP contribution in [0.15, 0.2) is 24.3 Å². The molecule has 8 nitrogen and oxygen atoms in total. The van der Waals surface area contributed by atoms with Gasteiger partial charge < -0.3 is 16.0 Å². The second kappa shape index (κ2) is 7.87. The number of rotatable bonds is 5. The van der Waals surface area contributed by atoms with Gasteiger partial charge in [0.25, 0.3) is 11.6 Å². The van der Waals surface area contributed by atoms with Crippen molar-refractivity contribution < 1.29 is 14.5 Å². The van der Waals surface area contributed by atoms with Crippen molar-refractivity contribution >= 4 is 17.5 Å². The molecule has 0 spiro atoms. The molecule has 3 N–H and O–H groups in total. The first-order chi connectivity index (χ1) is 11.4. The molecule has 0 saturated carbocycles. The van der Waals surface area contributed by atoms with E-state index in [9.17, 15) is 19.7 Å². The molecule has 3 atom stereocenters. The van der Waals surface area contributed by atoms with Crippen molar-refractivity contribution in [3.05, 3.63) is 39.9 Å². The minimum Gasteiger partial charge on any atom is -0.351 e. The fourth-order valence-corrected chi connectivity index (χ4v) is 2.64. The zero-order chi connectivity index (χ0) is 17.7. The number of amides is 2. The highest BCUT2D eigenvalue weighted by Gasteiger charge is 2.25. The Balaban J connectivity index is 1.94. The molecule has 24 heavy (non-hydrogen) atoms. The summed E-state index contributed by atoms with van der Waals surface area (Å²) in [7, 11) is 0. The first-order valence-electron chi connectivity index (χ1n) is 7.95. The van der Waals surface area contributed by atoms with Crippen molar-refractivity contribution in [2.24, 2.45) is 5.92 Å². The molecular formula is C16H22N4O4. The molecule has 2 amide bonds. The molecule has 8 heteroatoms. The maximum Gasteiger partial charge on any atom is 0.270 e. The predicted molar refractivity (Wildman–Crippen MR) is 88.6 cm³/mol. The largest absolute Gasteiger partial charge is 0.351 e. The van der Waals surface area contributed by atoms with E-state index < -0.39 is 16.9 Å². The number of nitro benzene ring substituents is 1. The Kier molecular flexibility index (Phi) is 5.86. The third kappa shape index (κ3) is 4.51. The Morgan fingerprint density at radius 1 is 1.42 bits per heavy atom. The van der Waals surface area contributed by atoms with Crippen molar-refractivity contribution in [1.29, 1.82) is 0 Å². The molecule has 130 valence electrons. The van der Waals surface area contributed by atoms with Gasteiger partial charge in [0, 0.05) is 23.7 Å². The summed E-state index contributed by atoms with van der Waals surface area (Å²) < 4.78 is 0. The number of nitro groups is 1. The average Bonchev–Trinajstić information content (AvgIpc) is 2.56. The highest BCUT2D eigenvalue weighted by molar-refractivity contribution is 5.97. The van der Waals surface area contributed by atoms with Gasteiger partial charge in [-0.25, -0.2) is 0 Å². The van der Waals surface area contributed by atoms with Crippen molar-refractivity contribution in [2.45, 2.75) is 32.4 Å². The van der Waals surface area contributed by atoms with Crippen LogP contribution >= 0.6 is 0 Å². The molecule has 3 unspecified atom stereocenters. The molecule has 0 aliphatic carbocycles. The number of piperidine rings is 1. The van der Waals surface area contributed by atoms with Gasteiger partial charge in [-0.2, -0.15) is 0 Å².